The van der Waals surface area contributed by atoms with Crippen molar-refractivity contribution in [2.45, 2.75) is 25.1 Å². The molecule has 2 rings (SSSR count). The van der Waals surface area contributed by atoms with Gasteiger partial charge in [-0.3, -0.25) is 0 Å². The van der Waals surface area contributed by atoms with Crippen molar-refractivity contribution in [3.8, 4) is 0 Å². The van der Waals surface area contributed by atoms with Crippen LogP contribution in [0.2, 0.25) is 0 Å². The molecule has 15 heavy (non-hydrogen) atoms. The molecule has 2 nitrogen and oxygen atoms in total. The Morgan fingerprint density at radius 2 is 2.07 bits per heavy atom. The molecule has 0 amide bonds. The first-order chi connectivity index (χ1) is 7.38. The summed E-state index contributed by atoms with van der Waals surface area (Å²) in [5.74, 6) is 0.475. The summed E-state index contributed by atoms with van der Waals surface area (Å²) in [6, 6.07) is 4.27. The largest absolute Gasteiger partial charge is 0.149 e. The topological polar surface area (TPSA) is 25.8 Å². The van der Waals surface area contributed by atoms with E-state index in [-0.39, 0.29) is 0 Å². The molecule has 0 saturated heterocycles. The summed E-state index contributed by atoms with van der Waals surface area (Å²) in [7, 11) is 0. The van der Waals surface area contributed by atoms with Gasteiger partial charge in [-0.25, -0.2) is 0 Å². The maximum Gasteiger partial charge on any atom is 0.132 e. The molecular formula is C10H11ClN2S2. The van der Waals surface area contributed by atoms with Crippen molar-refractivity contribution in [1.29, 1.82) is 0 Å². The number of thiophene rings is 1. The van der Waals surface area contributed by atoms with Gasteiger partial charge >= 0.3 is 0 Å². The number of hydrogen-bond acceptors (Lipinski definition) is 4. The maximum absolute atomic E-state index is 5.67. The molecule has 2 aromatic heterocycles. The molecular weight excluding hydrogens is 248 g/mol. The van der Waals surface area contributed by atoms with E-state index < -0.39 is 0 Å². The first kappa shape index (κ1) is 11.0. The molecule has 80 valence electrons. The SMILES string of the molecule is ClCc1nnc(CCCc2cccs2)s1. The molecule has 0 aliphatic carbocycles. The van der Waals surface area contributed by atoms with Gasteiger partial charge in [0.15, 0.2) is 0 Å². The third kappa shape index (κ3) is 3.26. The van der Waals surface area contributed by atoms with E-state index in [1.807, 2.05) is 11.3 Å². The van der Waals surface area contributed by atoms with Gasteiger partial charge in [-0.15, -0.1) is 44.5 Å². The lowest BCUT2D eigenvalue weighted by Crippen LogP contribution is -1.87. The highest BCUT2D eigenvalue weighted by atomic mass is 35.5. The minimum absolute atomic E-state index is 0.475. The number of aryl methyl sites for hydroxylation is 2. The Morgan fingerprint density at radius 3 is 2.73 bits per heavy atom. The van der Waals surface area contributed by atoms with Gasteiger partial charge in [0.05, 0.1) is 5.88 Å². The van der Waals surface area contributed by atoms with Crippen LogP contribution in [0.25, 0.3) is 0 Å². The monoisotopic (exact) mass is 258 g/mol. The van der Waals surface area contributed by atoms with Crippen LogP contribution in [0.1, 0.15) is 21.3 Å². The Morgan fingerprint density at radius 1 is 1.20 bits per heavy atom. The van der Waals surface area contributed by atoms with Crippen LogP contribution < -0.4 is 0 Å². The van der Waals surface area contributed by atoms with Crippen LogP contribution in [0.15, 0.2) is 17.5 Å². The zero-order valence-electron chi connectivity index (χ0n) is 8.15. The molecule has 0 radical (unpaired) electrons. The smallest absolute Gasteiger partial charge is 0.132 e. The lowest BCUT2D eigenvalue weighted by Gasteiger charge is -1.94. The highest BCUT2D eigenvalue weighted by molar-refractivity contribution is 7.11. The summed E-state index contributed by atoms with van der Waals surface area (Å²) in [6.45, 7) is 0. The van der Waals surface area contributed by atoms with Crippen LogP contribution in [-0.2, 0) is 18.7 Å². The molecule has 5 heteroatoms. The van der Waals surface area contributed by atoms with Crippen LogP contribution in [-0.4, -0.2) is 10.2 Å². The van der Waals surface area contributed by atoms with Gasteiger partial charge in [0, 0.05) is 11.3 Å². The third-order valence-corrected chi connectivity index (χ3v) is 4.35. The van der Waals surface area contributed by atoms with Gasteiger partial charge in [-0.1, -0.05) is 6.07 Å². The summed E-state index contributed by atoms with van der Waals surface area (Å²) >= 11 is 9.10. The first-order valence-corrected chi connectivity index (χ1v) is 7.01. The number of halogens is 1. The lowest BCUT2D eigenvalue weighted by molar-refractivity contribution is 0.808. The van der Waals surface area contributed by atoms with Crippen LogP contribution in [0.5, 0.6) is 0 Å². The zero-order valence-corrected chi connectivity index (χ0v) is 10.5. The predicted molar refractivity (Wildman–Crippen MR) is 65.8 cm³/mol. The standard InChI is InChI=1S/C10H11ClN2S2/c11-7-10-13-12-9(15-10)5-1-3-8-4-2-6-14-8/h2,4,6H,1,3,5,7H2. The number of nitrogens with zero attached hydrogens (tertiary/aromatic N) is 2. The molecule has 0 atom stereocenters. The quantitative estimate of drug-likeness (QED) is 0.767. The number of hydrogen-bond donors (Lipinski definition) is 0. The molecule has 0 spiro atoms. The summed E-state index contributed by atoms with van der Waals surface area (Å²) in [5.41, 5.74) is 0. The van der Waals surface area contributed by atoms with Crippen molar-refractivity contribution in [3.63, 3.8) is 0 Å². The van der Waals surface area contributed by atoms with E-state index in [1.54, 1.807) is 11.3 Å². The van der Waals surface area contributed by atoms with Gasteiger partial charge in [-0.05, 0) is 24.3 Å². The van der Waals surface area contributed by atoms with E-state index in [0.717, 1.165) is 29.3 Å². The fourth-order valence-electron chi connectivity index (χ4n) is 1.31. The van der Waals surface area contributed by atoms with Gasteiger partial charge < -0.3 is 0 Å². The highest BCUT2D eigenvalue weighted by Gasteiger charge is 2.03. The molecule has 2 heterocycles. The van der Waals surface area contributed by atoms with Gasteiger partial charge in [-0.2, -0.15) is 0 Å². The Balaban J connectivity index is 1.78. The number of aromatic nitrogens is 2. The fraction of sp³-hybridized carbons (Fsp3) is 0.400. The average Bonchev–Trinajstić information content (AvgIpc) is 2.88. The summed E-state index contributed by atoms with van der Waals surface area (Å²) in [4.78, 5) is 1.44. The predicted octanol–water partition coefficient (Wildman–Crippen LogP) is 3.51. The van der Waals surface area contributed by atoms with E-state index in [0.29, 0.717) is 5.88 Å². The van der Waals surface area contributed by atoms with Gasteiger partial charge in [0.2, 0.25) is 0 Å². The lowest BCUT2D eigenvalue weighted by atomic mass is 10.2. The van der Waals surface area contributed by atoms with E-state index in [9.17, 15) is 0 Å². The first-order valence-electron chi connectivity index (χ1n) is 4.78. The van der Waals surface area contributed by atoms with Crippen molar-refractivity contribution in [2.75, 3.05) is 0 Å². The van der Waals surface area contributed by atoms with E-state index in [4.69, 9.17) is 11.6 Å². The molecule has 0 aliphatic heterocycles. The number of rotatable bonds is 5. The van der Waals surface area contributed by atoms with Crippen molar-refractivity contribution in [2.24, 2.45) is 0 Å². The van der Waals surface area contributed by atoms with E-state index in [2.05, 4.69) is 27.7 Å². The van der Waals surface area contributed by atoms with Gasteiger partial charge in [0.25, 0.3) is 0 Å². The molecule has 0 fully saturated rings. The second kappa shape index (κ2) is 5.58. The van der Waals surface area contributed by atoms with Gasteiger partial charge in [0.1, 0.15) is 10.0 Å². The molecule has 0 aromatic carbocycles. The zero-order chi connectivity index (χ0) is 10.5. The molecule has 0 bridgehead atoms. The summed E-state index contributed by atoms with van der Waals surface area (Å²) in [6.07, 6.45) is 3.28. The molecule has 0 N–H and O–H groups in total. The molecule has 0 aliphatic rings. The minimum atomic E-state index is 0.475. The Labute approximate surface area is 102 Å². The van der Waals surface area contributed by atoms with Crippen LogP contribution in [0, 0.1) is 0 Å². The minimum Gasteiger partial charge on any atom is -0.149 e. The second-order valence-corrected chi connectivity index (χ2v) is 5.60. The second-order valence-electron chi connectivity index (χ2n) is 3.16. The van der Waals surface area contributed by atoms with Crippen molar-refractivity contribution in [1.82, 2.24) is 10.2 Å². The maximum atomic E-state index is 5.67. The van der Waals surface area contributed by atoms with Crippen molar-refractivity contribution < 1.29 is 0 Å². The Hall–Kier alpha value is -0.450. The Bertz CT molecular complexity index is 397. The molecule has 0 unspecified atom stereocenters. The Kier molecular flexibility index (Phi) is 4.11. The van der Waals surface area contributed by atoms with E-state index in [1.165, 1.54) is 4.88 Å². The van der Waals surface area contributed by atoms with E-state index >= 15 is 0 Å². The molecule has 0 saturated carbocycles. The van der Waals surface area contributed by atoms with Crippen molar-refractivity contribution >= 4 is 34.3 Å². The normalized spacial score (nSPS) is 10.7. The average molecular weight is 259 g/mol. The molecule has 2 aromatic rings. The summed E-state index contributed by atoms with van der Waals surface area (Å²) < 4.78 is 0. The fourth-order valence-corrected chi connectivity index (χ4v) is 3.02. The number of alkyl halides is 1. The third-order valence-electron chi connectivity index (χ3n) is 2.02. The van der Waals surface area contributed by atoms with Crippen LogP contribution in [0.4, 0.5) is 0 Å². The van der Waals surface area contributed by atoms with Crippen LogP contribution in [0.3, 0.4) is 0 Å². The highest BCUT2D eigenvalue weighted by Crippen LogP contribution is 2.16. The van der Waals surface area contributed by atoms with Crippen LogP contribution >= 0.6 is 34.3 Å². The summed E-state index contributed by atoms with van der Waals surface area (Å²) in [5, 5.41) is 12.2. The van der Waals surface area contributed by atoms with Crippen molar-refractivity contribution in [3.05, 3.63) is 32.4 Å².